The van der Waals surface area contributed by atoms with E-state index in [9.17, 15) is 26.4 Å². The number of alkyl halides is 3. The molecule has 0 spiro atoms. The molecule has 1 aliphatic rings. The highest BCUT2D eigenvalue weighted by Crippen LogP contribution is 2.36. The summed E-state index contributed by atoms with van der Waals surface area (Å²) in [7, 11) is -4.32. The van der Waals surface area contributed by atoms with E-state index in [1.807, 2.05) is 0 Å². The fourth-order valence-electron chi connectivity index (χ4n) is 1.63. The molecule has 0 amide bonds. The molecule has 1 fully saturated rings. The number of carbonyl (C=O) groups is 1. The number of hydrogen-bond donors (Lipinski definition) is 1. The molecule has 5 nitrogen and oxygen atoms in total. The predicted molar refractivity (Wildman–Crippen MR) is 64.2 cm³/mol. The Morgan fingerprint density at radius 3 is 2.45 bits per heavy atom. The third-order valence-electron chi connectivity index (χ3n) is 2.67. The van der Waals surface area contributed by atoms with Crippen LogP contribution in [-0.2, 0) is 10.0 Å². The molecule has 0 unspecified atom stereocenters. The topological polar surface area (TPSA) is 74.7 Å². The summed E-state index contributed by atoms with van der Waals surface area (Å²) in [5.74, 6) is -1.32. The Hall–Kier alpha value is -1.13. The van der Waals surface area contributed by atoms with E-state index in [-0.39, 0.29) is 9.77 Å². The van der Waals surface area contributed by atoms with Crippen molar-refractivity contribution in [3.8, 4) is 0 Å². The highest BCUT2D eigenvalue weighted by atomic mass is 32.2. The second-order valence-electron chi connectivity index (χ2n) is 4.36. The van der Waals surface area contributed by atoms with Crippen LogP contribution in [-0.4, -0.2) is 42.6 Å². The van der Waals surface area contributed by atoms with E-state index in [1.165, 1.54) is 0 Å². The van der Waals surface area contributed by atoms with E-state index >= 15 is 0 Å². The van der Waals surface area contributed by atoms with E-state index < -0.39 is 34.8 Å². The first-order valence-corrected chi connectivity index (χ1v) is 7.83. The summed E-state index contributed by atoms with van der Waals surface area (Å²) in [5.41, 5.74) is -0.253. The Labute approximate surface area is 116 Å². The third kappa shape index (κ3) is 3.30. The van der Waals surface area contributed by atoms with Crippen LogP contribution >= 0.6 is 11.3 Å². The molecule has 1 heterocycles. The van der Waals surface area contributed by atoms with Crippen molar-refractivity contribution in [2.75, 3.05) is 6.54 Å². The van der Waals surface area contributed by atoms with Gasteiger partial charge in [0.1, 0.15) is 10.8 Å². The number of hydrogen-bond acceptors (Lipinski definition) is 4. The Morgan fingerprint density at radius 1 is 1.45 bits per heavy atom. The summed E-state index contributed by atoms with van der Waals surface area (Å²) in [6.45, 7) is -1.56. The smallest absolute Gasteiger partial charge is 0.402 e. The molecule has 1 aromatic rings. The van der Waals surface area contributed by atoms with Crippen molar-refractivity contribution in [3.05, 3.63) is 17.0 Å². The highest BCUT2D eigenvalue weighted by Gasteiger charge is 2.45. The van der Waals surface area contributed by atoms with Gasteiger partial charge in [0.2, 0.25) is 0 Å². The number of rotatable bonds is 5. The van der Waals surface area contributed by atoms with Gasteiger partial charge in [-0.15, -0.1) is 11.3 Å². The summed E-state index contributed by atoms with van der Waals surface area (Å²) in [6.07, 6.45) is -3.87. The van der Waals surface area contributed by atoms with Crippen molar-refractivity contribution in [1.29, 1.82) is 0 Å². The van der Waals surface area contributed by atoms with Gasteiger partial charge in [0.05, 0.1) is 5.56 Å². The number of carboxylic acid groups (broad SMARTS) is 1. The lowest BCUT2D eigenvalue weighted by Gasteiger charge is -2.22. The number of sulfonamides is 1. The highest BCUT2D eigenvalue weighted by molar-refractivity contribution is 7.91. The Kier molecular flexibility index (Phi) is 3.82. The Morgan fingerprint density at radius 2 is 2.05 bits per heavy atom. The monoisotopic (exact) mass is 329 g/mol. The average molecular weight is 329 g/mol. The van der Waals surface area contributed by atoms with Crippen LogP contribution in [0.5, 0.6) is 0 Å². The molecule has 0 atom stereocenters. The van der Waals surface area contributed by atoms with Crippen LogP contribution in [0.4, 0.5) is 13.2 Å². The maximum atomic E-state index is 12.5. The lowest BCUT2D eigenvalue weighted by molar-refractivity contribution is -0.136. The normalized spacial score (nSPS) is 16.6. The second-order valence-corrected chi connectivity index (χ2v) is 7.38. The van der Waals surface area contributed by atoms with Crippen molar-refractivity contribution in [2.24, 2.45) is 0 Å². The molecule has 20 heavy (non-hydrogen) atoms. The van der Waals surface area contributed by atoms with Crippen LogP contribution in [0.25, 0.3) is 0 Å². The summed E-state index contributed by atoms with van der Waals surface area (Å²) in [4.78, 5) is 10.7. The number of carboxylic acids is 1. The second kappa shape index (κ2) is 5.01. The van der Waals surface area contributed by atoms with Gasteiger partial charge in [-0.2, -0.15) is 17.5 Å². The van der Waals surface area contributed by atoms with Gasteiger partial charge in [-0.1, -0.05) is 0 Å². The standard InChI is InChI=1S/C10H10F3NO4S2/c11-10(12,13)5-14(7-1-2-7)20(17,18)8-3-6(4-19-8)9(15)16/h3-4,7H,1-2,5H2,(H,15,16). The van der Waals surface area contributed by atoms with E-state index in [1.54, 1.807) is 0 Å². The summed E-state index contributed by atoms with van der Waals surface area (Å²) >= 11 is 0.607. The Bertz CT molecular complexity index is 619. The molecule has 1 aromatic heterocycles. The minimum absolute atomic E-state index is 0.253. The van der Waals surface area contributed by atoms with Crippen molar-refractivity contribution in [1.82, 2.24) is 4.31 Å². The van der Waals surface area contributed by atoms with Crippen molar-refractivity contribution in [3.63, 3.8) is 0 Å². The quantitative estimate of drug-likeness (QED) is 0.898. The van der Waals surface area contributed by atoms with Gasteiger partial charge in [0, 0.05) is 11.4 Å². The van der Waals surface area contributed by atoms with Crippen LogP contribution in [0.2, 0.25) is 0 Å². The maximum Gasteiger partial charge on any atom is 0.402 e. The van der Waals surface area contributed by atoms with Crippen LogP contribution in [0, 0.1) is 0 Å². The maximum absolute atomic E-state index is 12.5. The van der Waals surface area contributed by atoms with Gasteiger partial charge in [-0.05, 0) is 18.9 Å². The van der Waals surface area contributed by atoms with Crippen LogP contribution in [0.3, 0.4) is 0 Å². The molecule has 10 heteroatoms. The molecule has 2 rings (SSSR count). The molecule has 0 aromatic carbocycles. The minimum Gasteiger partial charge on any atom is -0.478 e. The van der Waals surface area contributed by atoms with E-state index in [2.05, 4.69) is 0 Å². The number of aromatic carboxylic acids is 1. The van der Waals surface area contributed by atoms with Crippen molar-refractivity contribution >= 4 is 27.3 Å². The van der Waals surface area contributed by atoms with E-state index in [0.717, 1.165) is 11.4 Å². The van der Waals surface area contributed by atoms with Gasteiger partial charge in [0.25, 0.3) is 10.0 Å². The minimum atomic E-state index is -4.64. The molecule has 0 saturated heterocycles. The zero-order valence-electron chi connectivity index (χ0n) is 9.92. The van der Waals surface area contributed by atoms with Crippen LogP contribution in [0.1, 0.15) is 23.2 Å². The third-order valence-corrected chi connectivity index (χ3v) is 5.99. The van der Waals surface area contributed by atoms with E-state index in [0.29, 0.717) is 28.5 Å². The predicted octanol–water partition coefficient (Wildman–Crippen LogP) is 2.16. The summed E-state index contributed by atoms with van der Waals surface area (Å²) in [6, 6.07) is 0.227. The zero-order chi connectivity index (χ0) is 15.1. The molecular formula is C10H10F3NO4S2. The van der Waals surface area contributed by atoms with E-state index in [4.69, 9.17) is 5.11 Å². The molecule has 0 radical (unpaired) electrons. The summed E-state index contributed by atoms with van der Waals surface area (Å²) in [5, 5.41) is 9.82. The fourth-order valence-corrected chi connectivity index (χ4v) is 4.58. The number of halogens is 3. The number of nitrogens with zero attached hydrogens (tertiary/aromatic N) is 1. The van der Waals surface area contributed by atoms with Crippen molar-refractivity contribution < 1.29 is 31.5 Å². The number of thiophene rings is 1. The van der Waals surface area contributed by atoms with Gasteiger partial charge in [-0.25, -0.2) is 13.2 Å². The molecule has 1 N–H and O–H groups in total. The lowest BCUT2D eigenvalue weighted by atomic mass is 10.4. The molecule has 1 saturated carbocycles. The largest absolute Gasteiger partial charge is 0.478 e. The van der Waals surface area contributed by atoms with Gasteiger partial charge in [-0.3, -0.25) is 0 Å². The first-order chi connectivity index (χ1) is 9.11. The molecule has 0 bridgehead atoms. The molecule has 1 aliphatic carbocycles. The summed E-state index contributed by atoms with van der Waals surface area (Å²) < 4.78 is 61.8. The molecule has 112 valence electrons. The molecular weight excluding hydrogens is 319 g/mol. The SMILES string of the molecule is O=C(O)c1csc(S(=O)(=O)N(CC(F)(F)F)C2CC2)c1. The zero-order valence-corrected chi connectivity index (χ0v) is 11.6. The lowest BCUT2D eigenvalue weighted by Crippen LogP contribution is -2.40. The first kappa shape index (κ1) is 15.3. The van der Waals surface area contributed by atoms with Gasteiger partial charge >= 0.3 is 12.1 Å². The first-order valence-electron chi connectivity index (χ1n) is 5.52. The van der Waals surface area contributed by atoms with Crippen LogP contribution < -0.4 is 0 Å². The molecule has 0 aliphatic heterocycles. The van der Waals surface area contributed by atoms with Crippen LogP contribution in [0.15, 0.2) is 15.7 Å². The van der Waals surface area contributed by atoms with Crippen molar-refractivity contribution in [2.45, 2.75) is 29.3 Å². The average Bonchev–Trinajstić information content (AvgIpc) is 2.99. The van der Waals surface area contributed by atoms with Gasteiger partial charge < -0.3 is 5.11 Å². The fraction of sp³-hybridized carbons (Fsp3) is 0.500. The van der Waals surface area contributed by atoms with Gasteiger partial charge in [0.15, 0.2) is 0 Å². The Balaban J connectivity index is 2.32.